The monoisotopic (exact) mass is 631 g/mol. The number of aryl methyl sites for hydroxylation is 1. The molecule has 0 saturated heterocycles. The highest BCUT2D eigenvalue weighted by Gasteiger charge is 2.26. The van der Waals surface area contributed by atoms with Gasteiger partial charge in [0.05, 0.1) is 22.2 Å². The normalized spacial score (nSPS) is 15.5. The van der Waals surface area contributed by atoms with E-state index in [1.807, 2.05) is 36.1 Å². The van der Waals surface area contributed by atoms with E-state index < -0.39 is 20.2 Å². The topological polar surface area (TPSA) is 125 Å². The lowest BCUT2D eigenvalue weighted by molar-refractivity contribution is 0.479. The summed E-state index contributed by atoms with van der Waals surface area (Å²) < 4.78 is 69.7. The predicted molar refractivity (Wildman–Crippen MR) is 158 cm³/mol. The maximum atomic E-state index is 11.3. The third kappa shape index (κ3) is 8.03. The third-order valence-electron chi connectivity index (χ3n) is 6.12. The highest BCUT2D eigenvalue weighted by Crippen LogP contribution is 2.47. The van der Waals surface area contributed by atoms with Crippen molar-refractivity contribution < 1.29 is 30.4 Å². The number of benzene rings is 2. The van der Waals surface area contributed by atoms with Crippen molar-refractivity contribution in [3.63, 3.8) is 0 Å². The SMILES string of the molecule is CCC(/C=C1\Sc2ccc(Cl)cc2N1CCCS(=O)(=O)O)=C\c1oc2ccc(Cl)cc2c1CCCS(=O)(=O)O. The Morgan fingerprint density at radius 3 is 2.36 bits per heavy atom. The van der Waals surface area contributed by atoms with Gasteiger partial charge in [-0.15, -0.1) is 0 Å². The summed E-state index contributed by atoms with van der Waals surface area (Å²) in [4.78, 5) is 2.95. The summed E-state index contributed by atoms with van der Waals surface area (Å²) in [5.41, 5.74) is 3.17. The molecule has 8 nitrogen and oxygen atoms in total. The van der Waals surface area contributed by atoms with E-state index in [4.69, 9.17) is 27.6 Å². The molecule has 0 amide bonds. The molecule has 0 atom stereocenters. The number of rotatable bonds is 11. The van der Waals surface area contributed by atoms with Gasteiger partial charge in [0.2, 0.25) is 0 Å². The van der Waals surface area contributed by atoms with Crippen molar-refractivity contribution in [1.82, 2.24) is 0 Å². The first-order valence-corrected chi connectivity index (χ1v) is 16.9. The van der Waals surface area contributed by atoms with Gasteiger partial charge in [0.1, 0.15) is 11.3 Å². The Balaban J connectivity index is 1.71. The number of furan rings is 1. The molecule has 39 heavy (non-hydrogen) atoms. The highest BCUT2D eigenvalue weighted by molar-refractivity contribution is 8.03. The molecular weight excluding hydrogens is 605 g/mol. The van der Waals surface area contributed by atoms with Crippen LogP contribution in [0.25, 0.3) is 17.0 Å². The van der Waals surface area contributed by atoms with E-state index in [9.17, 15) is 25.9 Å². The maximum Gasteiger partial charge on any atom is 0.264 e. The van der Waals surface area contributed by atoms with Gasteiger partial charge in [-0.1, -0.05) is 41.9 Å². The van der Waals surface area contributed by atoms with Crippen LogP contribution < -0.4 is 4.90 Å². The van der Waals surface area contributed by atoms with Gasteiger partial charge in [0.15, 0.2) is 0 Å². The summed E-state index contributed by atoms with van der Waals surface area (Å²) in [5.74, 6) is -0.162. The Hall–Kier alpha value is -1.99. The number of fused-ring (bicyclic) bond motifs is 2. The first kappa shape index (κ1) is 30.0. The van der Waals surface area contributed by atoms with E-state index in [0.717, 1.165) is 32.1 Å². The molecule has 1 aliphatic rings. The van der Waals surface area contributed by atoms with E-state index >= 15 is 0 Å². The van der Waals surface area contributed by atoms with Gasteiger partial charge >= 0.3 is 0 Å². The molecule has 13 heteroatoms. The molecule has 2 heterocycles. The van der Waals surface area contributed by atoms with E-state index in [2.05, 4.69) is 0 Å². The molecule has 210 valence electrons. The molecule has 0 bridgehead atoms. The second-order valence-corrected chi connectivity index (χ2v) is 14.1. The van der Waals surface area contributed by atoms with E-state index in [1.165, 1.54) is 11.8 Å². The smallest absolute Gasteiger partial charge is 0.264 e. The molecule has 0 saturated carbocycles. The van der Waals surface area contributed by atoms with Crippen LogP contribution in [0.15, 0.2) is 62.4 Å². The lowest BCUT2D eigenvalue weighted by Crippen LogP contribution is -2.21. The predicted octanol–water partition coefficient (Wildman–Crippen LogP) is 7.09. The molecule has 0 spiro atoms. The zero-order valence-corrected chi connectivity index (χ0v) is 24.9. The summed E-state index contributed by atoms with van der Waals surface area (Å²) in [6.07, 6.45) is 5.31. The van der Waals surface area contributed by atoms with Crippen molar-refractivity contribution in [3.8, 4) is 0 Å². The minimum atomic E-state index is -4.10. The maximum absolute atomic E-state index is 11.3. The molecule has 4 rings (SSSR count). The summed E-state index contributed by atoms with van der Waals surface area (Å²) in [6.45, 7) is 2.35. The fourth-order valence-electron chi connectivity index (χ4n) is 4.34. The van der Waals surface area contributed by atoms with Crippen LogP contribution in [0, 0.1) is 0 Å². The summed E-state index contributed by atoms with van der Waals surface area (Å²) in [5, 5.41) is 2.71. The molecule has 0 unspecified atom stereocenters. The zero-order valence-electron chi connectivity index (χ0n) is 20.9. The first-order valence-electron chi connectivity index (χ1n) is 12.1. The van der Waals surface area contributed by atoms with Crippen LogP contribution in [0.2, 0.25) is 10.0 Å². The van der Waals surface area contributed by atoms with Gasteiger partial charge < -0.3 is 9.32 Å². The summed E-state index contributed by atoms with van der Waals surface area (Å²) in [7, 11) is -8.19. The molecule has 1 aliphatic heterocycles. The Kier molecular flexibility index (Phi) is 9.42. The molecule has 2 aromatic carbocycles. The van der Waals surface area contributed by atoms with Crippen LogP contribution in [0.4, 0.5) is 5.69 Å². The van der Waals surface area contributed by atoms with Crippen LogP contribution in [0.1, 0.15) is 37.5 Å². The lowest BCUT2D eigenvalue weighted by Gasteiger charge is -2.20. The minimum absolute atomic E-state index is 0.205. The van der Waals surface area contributed by atoms with Crippen molar-refractivity contribution in [2.75, 3.05) is 23.0 Å². The number of nitrogens with zero attached hydrogens (tertiary/aromatic N) is 1. The number of hydrogen-bond donors (Lipinski definition) is 2. The quantitative estimate of drug-likeness (QED) is 0.213. The van der Waals surface area contributed by atoms with Crippen LogP contribution >= 0.6 is 35.0 Å². The van der Waals surface area contributed by atoms with Gasteiger partial charge in [-0.2, -0.15) is 16.8 Å². The summed E-state index contributed by atoms with van der Waals surface area (Å²) >= 11 is 14.0. The fraction of sp³-hybridized carbons (Fsp3) is 0.308. The number of hydrogen-bond acceptors (Lipinski definition) is 7. The van der Waals surface area contributed by atoms with Crippen molar-refractivity contribution in [3.05, 3.63) is 74.4 Å². The van der Waals surface area contributed by atoms with E-state index in [1.54, 1.807) is 24.3 Å². The lowest BCUT2D eigenvalue weighted by atomic mass is 10.0. The Morgan fingerprint density at radius 1 is 1.00 bits per heavy atom. The van der Waals surface area contributed by atoms with Crippen LogP contribution in [-0.4, -0.2) is 44.0 Å². The van der Waals surface area contributed by atoms with Crippen LogP contribution in [0.5, 0.6) is 0 Å². The third-order valence-corrected chi connectivity index (χ3v) is 9.31. The van der Waals surface area contributed by atoms with Gasteiger partial charge in [0.25, 0.3) is 20.2 Å². The van der Waals surface area contributed by atoms with Crippen LogP contribution in [-0.2, 0) is 26.7 Å². The number of halogens is 2. The Labute approximate surface area is 242 Å². The van der Waals surface area contributed by atoms with Gasteiger partial charge in [-0.05, 0) is 79.8 Å². The average Bonchev–Trinajstić information content (AvgIpc) is 3.34. The second-order valence-electron chi connectivity index (χ2n) is 9.04. The van der Waals surface area contributed by atoms with Crippen molar-refractivity contribution in [2.24, 2.45) is 0 Å². The fourth-order valence-corrected chi connectivity index (χ4v) is 6.82. The standard InChI is InChI=1S/C26H27Cl2NO7S3/c1-2-17(13-24-20(5-3-11-38(30,31)32)21-15-18(27)6-8-23(21)36-24)14-26-29(10-4-12-39(33,34)35)22-16-19(28)7-9-25(22)37-26/h6-9,13-16H,2-5,10-12H2,1H3,(H,30,31,32)(H,33,34,35)/b17-13+,26-14-. The first-order chi connectivity index (χ1) is 18.3. The molecule has 3 aromatic rings. The molecule has 0 radical (unpaired) electrons. The largest absolute Gasteiger partial charge is 0.456 e. The summed E-state index contributed by atoms with van der Waals surface area (Å²) in [6, 6.07) is 10.8. The number of anilines is 1. The molecular formula is C26H27Cl2NO7S3. The van der Waals surface area contributed by atoms with Crippen molar-refractivity contribution in [2.45, 2.75) is 37.5 Å². The van der Waals surface area contributed by atoms with Gasteiger partial charge in [-0.3, -0.25) is 9.11 Å². The van der Waals surface area contributed by atoms with Gasteiger partial charge in [0, 0.05) is 32.4 Å². The van der Waals surface area contributed by atoms with Crippen molar-refractivity contribution >= 4 is 77.9 Å². The molecule has 1 aromatic heterocycles. The molecule has 0 fully saturated rings. The zero-order chi connectivity index (χ0) is 28.4. The Bertz CT molecular complexity index is 1660. The van der Waals surface area contributed by atoms with Gasteiger partial charge in [-0.25, -0.2) is 0 Å². The van der Waals surface area contributed by atoms with Crippen LogP contribution in [0.3, 0.4) is 0 Å². The average molecular weight is 633 g/mol. The number of thioether (sulfide) groups is 1. The Morgan fingerprint density at radius 2 is 1.67 bits per heavy atom. The number of allylic oxidation sites excluding steroid dienone is 2. The highest BCUT2D eigenvalue weighted by atomic mass is 35.5. The second kappa shape index (κ2) is 12.3. The molecule has 0 aliphatic carbocycles. The van der Waals surface area contributed by atoms with E-state index in [0.29, 0.717) is 40.8 Å². The molecule has 2 N–H and O–H groups in total. The van der Waals surface area contributed by atoms with E-state index in [-0.39, 0.29) is 24.3 Å². The minimum Gasteiger partial charge on any atom is -0.456 e. The van der Waals surface area contributed by atoms with Crippen molar-refractivity contribution in [1.29, 1.82) is 0 Å².